The van der Waals surface area contributed by atoms with Crippen molar-refractivity contribution in [1.29, 1.82) is 0 Å². The van der Waals surface area contributed by atoms with Crippen LogP contribution in [0.3, 0.4) is 0 Å². The fraction of sp³-hybridized carbons (Fsp3) is 0.520. The summed E-state index contributed by atoms with van der Waals surface area (Å²) in [7, 11) is 0. The molecule has 2 atom stereocenters. The monoisotopic (exact) mass is 518 g/mol. The molecule has 0 saturated carbocycles. The maximum atomic E-state index is 15.0. The third-order valence-electron chi connectivity index (χ3n) is 6.01. The smallest absolute Gasteiger partial charge is 0.410 e. The molecule has 2 aromatic heterocycles. The van der Waals surface area contributed by atoms with Crippen LogP contribution in [0.5, 0.6) is 0 Å². The normalized spacial score (nSPS) is 18.7. The second-order valence-electron chi connectivity index (χ2n) is 10.4. The van der Waals surface area contributed by atoms with Crippen molar-refractivity contribution in [3.63, 3.8) is 0 Å². The molecule has 1 aliphatic heterocycles. The number of benzene rings is 1. The molecule has 1 aliphatic rings. The van der Waals surface area contributed by atoms with E-state index in [1.807, 2.05) is 31.4 Å². The molecule has 1 amide bonds. The number of aryl methyl sites for hydroxylation is 1. The Morgan fingerprint density at radius 1 is 1.31 bits per heavy atom. The molecule has 0 unspecified atom stereocenters. The van der Waals surface area contributed by atoms with E-state index in [-0.39, 0.29) is 29.6 Å². The number of ether oxygens (including phenoxy) is 1. The van der Waals surface area contributed by atoms with E-state index in [4.69, 9.17) is 16.3 Å². The Morgan fingerprint density at radius 2 is 2.03 bits per heavy atom. The average molecular weight is 519 g/mol. The van der Waals surface area contributed by atoms with Crippen molar-refractivity contribution in [2.45, 2.75) is 71.8 Å². The molecule has 2 N–H and O–H groups in total. The number of carbonyl (C=O) groups excluding carboxylic acids is 1. The summed E-state index contributed by atoms with van der Waals surface area (Å²) in [6.45, 7) is 11.8. The first kappa shape index (κ1) is 26.1. The number of fused-ring (bicyclic) bond motifs is 1. The number of aliphatic hydroxyl groups excluding tert-OH is 1. The van der Waals surface area contributed by atoms with Gasteiger partial charge in [0.25, 0.3) is 0 Å². The predicted octanol–water partition coefficient (Wildman–Crippen LogP) is 4.96. The standard InChI is InChI=1S/C25H32ClFN6O3/c1-13(2)33-14(3)29-22-17(27)9-15(10-19(22)33)21-16(26)11-28-23(31-21)30-18-7-8-32(12-20(18)34)24(35)36-25(4,5)6/h9-11,13,18,20,34H,7-8,12H2,1-6H3,(H,28,30,31)/t18-,20-/m1/s1. The molecule has 1 aromatic carbocycles. The van der Waals surface area contributed by atoms with Gasteiger partial charge < -0.3 is 24.6 Å². The summed E-state index contributed by atoms with van der Waals surface area (Å²) < 4.78 is 22.4. The fourth-order valence-corrected chi connectivity index (χ4v) is 4.65. The molecular weight excluding hydrogens is 487 g/mol. The number of aromatic nitrogens is 4. The van der Waals surface area contributed by atoms with Crippen LogP contribution in [0.1, 0.15) is 52.9 Å². The minimum Gasteiger partial charge on any atom is -0.444 e. The number of β-amino-alcohol motifs (C(OH)–C–C–N with tert-alkyl or cyclic N) is 1. The fourth-order valence-electron chi connectivity index (χ4n) is 4.45. The molecule has 0 aliphatic carbocycles. The minimum atomic E-state index is -0.855. The summed E-state index contributed by atoms with van der Waals surface area (Å²) in [5.74, 6) is 0.510. The van der Waals surface area contributed by atoms with Crippen LogP contribution in [0, 0.1) is 12.7 Å². The molecule has 1 fully saturated rings. The van der Waals surface area contributed by atoms with Gasteiger partial charge in [0.15, 0.2) is 5.82 Å². The number of rotatable bonds is 4. The summed E-state index contributed by atoms with van der Waals surface area (Å²) in [5.41, 5.74) is 1.21. The molecule has 3 heterocycles. The van der Waals surface area contributed by atoms with Gasteiger partial charge in [-0.25, -0.2) is 24.1 Å². The summed E-state index contributed by atoms with van der Waals surface area (Å²) in [6, 6.07) is 2.90. The Balaban J connectivity index is 1.56. The number of hydrogen-bond donors (Lipinski definition) is 2. The van der Waals surface area contributed by atoms with Crippen LogP contribution in [0.25, 0.3) is 22.3 Å². The summed E-state index contributed by atoms with van der Waals surface area (Å²) >= 11 is 6.41. The Kier molecular flexibility index (Phi) is 7.12. The average Bonchev–Trinajstić information content (AvgIpc) is 3.11. The van der Waals surface area contributed by atoms with E-state index in [2.05, 4.69) is 20.3 Å². The molecule has 36 heavy (non-hydrogen) atoms. The van der Waals surface area contributed by atoms with Gasteiger partial charge in [-0.1, -0.05) is 11.6 Å². The zero-order valence-electron chi connectivity index (χ0n) is 21.3. The van der Waals surface area contributed by atoms with Gasteiger partial charge in [0.05, 0.1) is 41.1 Å². The summed E-state index contributed by atoms with van der Waals surface area (Å²) in [4.78, 5) is 27.0. The van der Waals surface area contributed by atoms with Gasteiger partial charge in [0.1, 0.15) is 16.9 Å². The molecule has 0 radical (unpaired) electrons. The van der Waals surface area contributed by atoms with E-state index < -0.39 is 23.6 Å². The van der Waals surface area contributed by atoms with Crippen LogP contribution in [-0.4, -0.2) is 66.5 Å². The van der Waals surface area contributed by atoms with Crippen molar-refractivity contribution < 1.29 is 19.0 Å². The summed E-state index contributed by atoms with van der Waals surface area (Å²) in [6.07, 6.45) is 0.598. The van der Waals surface area contributed by atoms with Gasteiger partial charge in [-0.2, -0.15) is 0 Å². The van der Waals surface area contributed by atoms with E-state index >= 15 is 0 Å². The van der Waals surface area contributed by atoms with Gasteiger partial charge in [-0.3, -0.25) is 0 Å². The second-order valence-corrected chi connectivity index (χ2v) is 10.8. The van der Waals surface area contributed by atoms with E-state index in [1.54, 1.807) is 20.8 Å². The van der Waals surface area contributed by atoms with Gasteiger partial charge in [0.2, 0.25) is 5.95 Å². The van der Waals surface area contributed by atoms with Crippen molar-refractivity contribution in [2.24, 2.45) is 0 Å². The van der Waals surface area contributed by atoms with E-state index in [0.29, 0.717) is 35.3 Å². The lowest BCUT2D eigenvalue weighted by Crippen LogP contribution is -2.52. The lowest BCUT2D eigenvalue weighted by Gasteiger charge is -2.36. The first-order valence-electron chi connectivity index (χ1n) is 12.0. The zero-order chi connectivity index (χ0) is 26.4. The number of piperidine rings is 1. The maximum absolute atomic E-state index is 15.0. The van der Waals surface area contributed by atoms with Gasteiger partial charge >= 0.3 is 6.09 Å². The van der Waals surface area contributed by atoms with Crippen LogP contribution in [0.15, 0.2) is 18.3 Å². The van der Waals surface area contributed by atoms with Crippen LogP contribution in [0.2, 0.25) is 5.02 Å². The lowest BCUT2D eigenvalue weighted by atomic mass is 10.0. The Morgan fingerprint density at radius 3 is 2.67 bits per heavy atom. The molecule has 11 heteroatoms. The molecule has 194 valence electrons. The number of carbonyl (C=O) groups is 1. The minimum absolute atomic E-state index is 0.0933. The SMILES string of the molecule is Cc1nc2c(F)cc(-c3nc(N[C@@H]4CCN(C(=O)OC(C)(C)C)C[C@H]4O)ncc3Cl)cc2n1C(C)C. The molecule has 3 aromatic rings. The highest BCUT2D eigenvalue weighted by molar-refractivity contribution is 6.33. The second kappa shape index (κ2) is 9.82. The van der Waals surface area contributed by atoms with Gasteiger partial charge in [-0.15, -0.1) is 0 Å². The Hall–Kier alpha value is -2.98. The number of halogens is 2. The number of nitrogens with zero attached hydrogens (tertiary/aromatic N) is 5. The molecular formula is C25H32ClFN6O3. The number of hydrogen-bond acceptors (Lipinski definition) is 7. The quantitative estimate of drug-likeness (QED) is 0.503. The molecule has 1 saturated heterocycles. The Bertz CT molecular complexity index is 1290. The Labute approximate surface area is 214 Å². The van der Waals surface area contributed by atoms with Gasteiger partial charge in [0, 0.05) is 18.2 Å². The highest BCUT2D eigenvalue weighted by Gasteiger charge is 2.33. The highest BCUT2D eigenvalue weighted by atomic mass is 35.5. The van der Waals surface area contributed by atoms with E-state index in [1.165, 1.54) is 17.2 Å². The molecule has 4 rings (SSSR count). The number of likely N-dealkylation sites (tertiary alicyclic amines) is 1. The zero-order valence-corrected chi connectivity index (χ0v) is 22.1. The van der Waals surface area contributed by atoms with Crippen molar-refractivity contribution in [3.05, 3.63) is 35.0 Å². The van der Waals surface area contributed by atoms with E-state index in [9.17, 15) is 14.3 Å². The van der Waals surface area contributed by atoms with Crippen LogP contribution in [0.4, 0.5) is 15.1 Å². The van der Waals surface area contributed by atoms with Crippen LogP contribution >= 0.6 is 11.6 Å². The first-order valence-corrected chi connectivity index (χ1v) is 12.4. The molecule has 0 spiro atoms. The van der Waals surface area contributed by atoms with Crippen molar-refractivity contribution in [3.8, 4) is 11.3 Å². The predicted molar refractivity (Wildman–Crippen MR) is 137 cm³/mol. The maximum Gasteiger partial charge on any atom is 0.410 e. The first-order chi connectivity index (χ1) is 16.8. The molecule has 9 nitrogen and oxygen atoms in total. The van der Waals surface area contributed by atoms with Crippen LogP contribution in [-0.2, 0) is 4.74 Å². The number of anilines is 1. The largest absolute Gasteiger partial charge is 0.444 e. The van der Waals surface area contributed by atoms with Crippen molar-refractivity contribution in [1.82, 2.24) is 24.4 Å². The van der Waals surface area contributed by atoms with Crippen molar-refractivity contribution in [2.75, 3.05) is 18.4 Å². The number of amides is 1. The lowest BCUT2D eigenvalue weighted by molar-refractivity contribution is 0.00113. The number of imidazole rings is 1. The molecule has 0 bridgehead atoms. The number of nitrogens with one attached hydrogen (secondary N) is 1. The van der Waals surface area contributed by atoms with Crippen molar-refractivity contribution >= 4 is 34.7 Å². The summed E-state index contributed by atoms with van der Waals surface area (Å²) in [5, 5.41) is 14.1. The topological polar surface area (TPSA) is 105 Å². The van der Waals surface area contributed by atoms with E-state index in [0.717, 1.165) is 5.82 Å². The third kappa shape index (κ3) is 5.39. The van der Waals surface area contributed by atoms with Crippen LogP contribution < -0.4 is 5.32 Å². The van der Waals surface area contributed by atoms with Gasteiger partial charge in [-0.05, 0) is 60.1 Å². The third-order valence-corrected chi connectivity index (χ3v) is 6.28. The highest BCUT2D eigenvalue weighted by Crippen LogP contribution is 2.32. The number of aliphatic hydroxyl groups is 1.